The molecule has 10 aromatic carbocycles. The number of benzene rings is 10. The zero-order valence-corrected chi connectivity index (χ0v) is 36.4. The molecule has 0 spiro atoms. The van der Waals surface area contributed by atoms with Crippen molar-refractivity contribution in [2.75, 3.05) is 9.80 Å². The first-order chi connectivity index (χ1) is 31.8. The Labute approximate surface area is 380 Å². The summed E-state index contributed by atoms with van der Waals surface area (Å²) in [6.45, 7) is 0. The van der Waals surface area contributed by atoms with E-state index in [2.05, 4.69) is 252 Å². The molecule has 0 unspecified atom stereocenters. The van der Waals surface area contributed by atoms with Gasteiger partial charge in [-0.05, 0) is 71.3 Å². The predicted molar refractivity (Wildman–Crippen MR) is 278 cm³/mol. The van der Waals surface area contributed by atoms with Gasteiger partial charge in [-0.3, -0.25) is 0 Å². The van der Waals surface area contributed by atoms with E-state index in [9.17, 15) is 0 Å². The number of hydrogen-bond donors (Lipinski definition) is 0. The van der Waals surface area contributed by atoms with Gasteiger partial charge in [0.2, 0.25) is 0 Å². The van der Waals surface area contributed by atoms with Gasteiger partial charge in [-0.1, -0.05) is 188 Å². The summed E-state index contributed by atoms with van der Waals surface area (Å²) in [4.78, 5) is 4.98. The van der Waals surface area contributed by atoms with Crippen molar-refractivity contribution in [3.8, 4) is 33.4 Å². The summed E-state index contributed by atoms with van der Waals surface area (Å²) < 4.78 is 5.09. The van der Waals surface area contributed by atoms with Crippen molar-refractivity contribution in [3.63, 3.8) is 0 Å². The first kappa shape index (κ1) is 38.0. The fourth-order valence-corrected chi connectivity index (χ4v) is 11.8. The van der Waals surface area contributed by atoms with Gasteiger partial charge in [-0.25, -0.2) is 0 Å². The lowest BCUT2D eigenvalue weighted by molar-refractivity contribution is 1.29. The Morgan fingerprint density at radius 1 is 0.250 bits per heavy atom. The van der Waals surface area contributed by atoms with Crippen LogP contribution >= 0.6 is 22.7 Å². The number of anilines is 6. The van der Waals surface area contributed by atoms with Crippen molar-refractivity contribution in [3.05, 3.63) is 243 Å². The normalized spacial score (nSPS) is 11.4. The van der Waals surface area contributed by atoms with E-state index in [4.69, 9.17) is 0 Å². The van der Waals surface area contributed by atoms with E-state index in [-0.39, 0.29) is 0 Å². The highest BCUT2D eigenvalue weighted by atomic mass is 32.1. The summed E-state index contributed by atoms with van der Waals surface area (Å²) in [7, 11) is 0. The van der Waals surface area contributed by atoms with Gasteiger partial charge in [-0.2, -0.15) is 0 Å². The maximum Gasteiger partial charge on any atom is 0.0640 e. The molecule has 0 aliphatic carbocycles. The Balaban J connectivity index is 1.10. The van der Waals surface area contributed by atoms with Crippen molar-refractivity contribution in [2.24, 2.45) is 0 Å². The van der Waals surface area contributed by atoms with Crippen LogP contribution in [0.3, 0.4) is 0 Å². The lowest BCUT2D eigenvalue weighted by atomic mass is 9.97. The number of nitrogens with zero attached hydrogens (tertiary/aromatic N) is 2. The van der Waals surface area contributed by atoms with Crippen LogP contribution in [0, 0.1) is 0 Å². The molecule has 0 bridgehead atoms. The molecule has 12 rings (SSSR count). The second kappa shape index (κ2) is 16.2. The van der Waals surface area contributed by atoms with Crippen LogP contribution in [0.4, 0.5) is 34.1 Å². The van der Waals surface area contributed by atoms with Crippen molar-refractivity contribution >= 4 is 97.1 Å². The van der Waals surface area contributed by atoms with Crippen molar-refractivity contribution in [2.45, 2.75) is 0 Å². The van der Waals surface area contributed by atoms with Crippen LogP contribution in [0.15, 0.2) is 243 Å². The van der Waals surface area contributed by atoms with Crippen LogP contribution in [-0.4, -0.2) is 0 Å². The van der Waals surface area contributed by atoms with Crippen LogP contribution in [0.2, 0.25) is 0 Å². The van der Waals surface area contributed by atoms with E-state index in [0.29, 0.717) is 0 Å². The average Bonchev–Trinajstić information content (AvgIpc) is 3.95. The molecule has 2 heterocycles. The van der Waals surface area contributed by atoms with E-state index >= 15 is 0 Å². The van der Waals surface area contributed by atoms with Crippen molar-refractivity contribution in [1.82, 2.24) is 0 Å². The lowest BCUT2D eigenvalue weighted by Crippen LogP contribution is -2.13. The number of rotatable bonds is 9. The molecule has 0 atom stereocenters. The highest BCUT2D eigenvalue weighted by Gasteiger charge is 2.25. The molecule has 0 aliphatic heterocycles. The third-order valence-electron chi connectivity index (χ3n) is 12.3. The fourth-order valence-electron chi connectivity index (χ4n) is 9.40. The second-order valence-electron chi connectivity index (χ2n) is 16.0. The molecule has 0 radical (unpaired) electrons. The fraction of sp³-hybridized carbons (Fsp3) is 0. The summed E-state index contributed by atoms with van der Waals surface area (Å²) in [5.74, 6) is 0. The monoisotopic (exact) mass is 852 g/mol. The van der Waals surface area contributed by atoms with Gasteiger partial charge in [0.05, 0.1) is 37.8 Å². The summed E-state index contributed by atoms with van der Waals surface area (Å²) in [5.41, 5.74) is 13.7. The van der Waals surface area contributed by atoms with Crippen LogP contribution in [0.5, 0.6) is 0 Å². The minimum atomic E-state index is 1.09. The lowest BCUT2D eigenvalue weighted by Gasteiger charge is -2.31. The third-order valence-corrected chi connectivity index (χ3v) is 14.7. The highest BCUT2D eigenvalue weighted by Crippen LogP contribution is 2.51. The number of para-hydroxylation sites is 3. The minimum Gasteiger partial charge on any atom is -0.308 e. The number of thiophene rings is 2. The van der Waals surface area contributed by atoms with Gasteiger partial charge in [0, 0.05) is 53.3 Å². The van der Waals surface area contributed by atoms with Crippen LogP contribution in [0.25, 0.3) is 73.7 Å². The molecule has 12 aromatic rings. The zero-order chi connectivity index (χ0) is 42.4. The van der Waals surface area contributed by atoms with Gasteiger partial charge < -0.3 is 9.80 Å². The molecule has 302 valence electrons. The quantitative estimate of drug-likeness (QED) is 0.143. The van der Waals surface area contributed by atoms with E-state index in [0.717, 1.165) is 45.3 Å². The molecule has 2 aromatic heterocycles. The first-order valence-electron chi connectivity index (χ1n) is 21.7. The molecule has 0 aliphatic rings. The maximum absolute atomic E-state index is 2.50. The Kier molecular flexibility index (Phi) is 9.59. The summed E-state index contributed by atoms with van der Waals surface area (Å²) in [6.07, 6.45) is 0. The first-order valence-corrected chi connectivity index (χ1v) is 23.3. The SMILES string of the molecule is c1ccc(-c2ccccc2N(c2cccc(-c3ccccc3N(c3ccccc3-c3ccccc3)c3cccc4c3sc3ccccc34)c2)c2cccc3c2sc2ccccc23)cc1. The summed E-state index contributed by atoms with van der Waals surface area (Å²) in [6, 6.07) is 88.4. The maximum atomic E-state index is 2.50. The minimum absolute atomic E-state index is 1.09. The van der Waals surface area contributed by atoms with Gasteiger partial charge in [-0.15, -0.1) is 22.7 Å². The Morgan fingerprint density at radius 3 is 1.14 bits per heavy atom. The number of fused-ring (bicyclic) bond motifs is 6. The Bertz CT molecular complexity index is 3640. The van der Waals surface area contributed by atoms with Crippen molar-refractivity contribution < 1.29 is 0 Å². The van der Waals surface area contributed by atoms with Crippen LogP contribution < -0.4 is 9.80 Å². The van der Waals surface area contributed by atoms with E-state index in [1.54, 1.807) is 0 Å². The molecule has 64 heavy (non-hydrogen) atoms. The standard InChI is InChI=1S/C60H40N2S2/c1-3-20-41(21-4-1)45-26-7-12-33-52(45)61(55-36-18-31-50-48-29-10-15-38-57(48)63-59(50)55)44-25-17-24-43(40-44)47-28-9-14-35-54(47)62(53-34-13-8-27-46(53)42-22-5-2-6-23-42)56-37-19-32-51-49-30-11-16-39-58(49)64-60(51)56/h1-40H. The van der Waals surface area contributed by atoms with Crippen LogP contribution in [0.1, 0.15) is 0 Å². The third kappa shape index (κ3) is 6.55. The van der Waals surface area contributed by atoms with Gasteiger partial charge >= 0.3 is 0 Å². The molecule has 0 saturated carbocycles. The van der Waals surface area contributed by atoms with Gasteiger partial charge in [0.25, 0.3) is 0 Å². The van der Waals surface area contributed by atoms with Crippen LogP contribution in [-0.2, 0) is 0 Å². The van der Waals surface area contributed by atoms with E-state index in [1.165, 1.54) is 62.6 Å². The van der Waals surface area contributed by atoms with Gasteiger partial charge in [0.1, 0.15) is 0 Å². The molecule has 0 amide bonds. The van der Waals surface area contributed by atoms with Gasteiger partial charge in [0.15, 0.2) is 0 Å². The highest BCUT2D eigenvalue weighted by molar-refractivity contribution is 7.26. The molecule has 0 N–H and O–H groups in total. The summed E-state index contributed by atoms with van der Waals surface area (Å²) in [5, 5.41) is 5.10. The zero-order valence-electron chi connectivity index (χ0n) is 34.8. The second-order valence-corrected chi connectivity index (χ2v) is 18.1. The molecular weight excluding hydrogens is 813 g/mol. The largest absolute Gasteiger partial charge is 0.308 e. The Hall–Kier alpha value is -7.76. The van der Waals surface area contributed by atoms with E-state index in [1.807, 2.05) is 22.7 Å². The number of hydrogen-bond acceptors (Lipinski definition) is 4. The topological polar surface area (TPSA) is 6.48 Å². The molecule has 0 saturated heterocycles. The van der Waals surface area contributed by atoms with Crippen molar-refractivity contribution in [1.29, 1.82) is 0 Å². The molecular formula is C60H40N2S2. The Morgan fingerprint density at radius 2 is 0.609 bits per heavy atom. The molecule has 0 fully saturated rings. The molecule has 4 heteroatoms. The average molecular weight is 853 g/mol. The predicted octanol–water partition coefficient (Wildman–Crippen LogP) is 18.4. The molecule has 2 nitrogen and oxygen atoms in total. The summed E-state index contributed by atoms with van der Waals surface area (Å²) >= 11 is 3.73. The smallest absolute Gasteiger partial charge is 0.0640 e. The van der Waals surface area contributed by atoms with E-state index < -0.39 is 0 Å².